The van der Waals surface area contributed by atoms with Crippen LogP contribution in [-0.4, -0.2) is 8.42 Å². The first-order chi connectivity index (χ1) is 9.29. The summed E-state index contributed by atoms with van der Waals surface area (Å²) in [5.41, 5.74) is 6.06. The Morgan fingerprint density at radius 3 is 2.40 bits per heavy atom. The summed E-state index contributed by atoms with van der Waals surface area (Å²) in [6.07, 6.45) is 0. The normalized spacial score (nSPS) is 11.6. The lowest BCUT2D eigenvalue weighted by atomic mass is 10.2. The second-order valence-corrected chi connectivity index (χ2v) is 6.96. The van der Waals surface area contributed by atoms with Crippen LogP contribution < -0.4 is 5.73 Å². The van der Waals surface area contributed by atoms with E-state index in [0.29, 0.717) is 5.69 Å². The zero-order valence-electron chi connectivity index (χ0n) is 10.1. The summed E-state index contributed by atoms with van der Waals surface area (Å²) < 4.78 is 37.7. The molecule has 7 heteroatoms. The first kappa shape index (κ1) is 15.1. The van der Waals surface area contributed by atoms with Crippen LogP contribution in [0.4, 0.5) is 10.1 Å². The summed E-state index contributed by atoms with van der Waals surface area (Å²) in [5, 5.41) is 0.207. The van der Waals surface area contributed by atoms with Crippen LogP contribution in [0.15, 0.2) is 41.3 Å². The maximum Gasteiger partial charge on any atom is 0.184 e. The van der Waals surface area contributed by atoms with Gasteiger partial charge in [0.15, 0.2) is 9.84 Å². The fourth-order valence-corrected chi connectivity index (χ4v) is 3.95. The molecule has 0 aliphatic rings. The Hall–Kier alpha value is -1.30. The third kappa shape index (κ3) is 3.23. The van der Waals surface area contributed by atoms with Crippen molar-refractivity contribution in [2.45, 2.75) is 10.6 Å². The largest absolute Gasteiger partial charge is 0.399 e. The monoisotopic (exact) mass is 333 g/mol. The van der Waals surface area contributed by atoms with Gasteiger partial charge in [0.05, 0.1) is 15.7 Å². The van der Waals surface area contributed by atoms with Crippen molar-refractivity contribution in [3.8, 4) is 0 Å². The van der Waals surface area contributed by atoms with Crippen molar-refractivity contribution in [2.24, 2.45) is 0 Å². The highest BCUT2D eigenvalue weighted by Crippen LogP contribution is 2.28. The van der Waals surface area contributed by atoms with Crippen LogP contribution in [0.25, 0.3) is 0 Å². The molecule has 0 spiro atoms. The van der Waals surface area contributed by atoms with Gasteiger partial charge in [-0.05, 0) is 42.0 Å². The van der Waals surface area contributed by atoms with E-state index in [1.54, 1.807) is 0 Å². The van der Waals surface area contributed by atoms with Crippen LogP contribution in [0.1, 0.15) is 5.56 Å². The molecular formula is C13H10Cl2FNO2S. The maximum absolute atomic E-state index is 13.2. The van der Waals surface area contributed by atoms with Crippen molar-refractivity contribution in [3.63, 3.8) is 0 Å². The van der Waals surface area contributed by atoms with Gasteiger partial charge in [0, 0.05) is 10.7 Å². The van der Waals surface area contributed by atoms with E-state index in [0.717, 1.165) is 12.1 Å². The molecule has 0 atom stereocenters. The fraction of sp³-hybridized carbons (Fsp3) is 0.0769. The third-order valence-corrected chi connectivity index (χ3v) is 5.15. The van der Waals surface area contributed by atoms with Crippen LogP contribution in [0, 0.1) is 5.82 Å². The average molecular weight is 334 g/mol. The molecule has 0 aliphatic heterocycles. The molecule has 2 rings (SSSR count). The van der Waals surface area contributed by atoms with Crippen molar-refractivity contribution < 1.29 is 12.8 Å². The number of hydrogen-bond donors (Lipinski definition) is 1. The molecule has 2 N–H and O–H groups in total. The highest BCUT2D eigenvalue weighted by atomic mass is 35.5. The van der Waals surface area contributed by atoms with Crippen molar-refractivity contribution in [1.82, 2.24) is 0 Å². The van der Waals surface area contributed by atoms with Gasteiger partial charge >= 0.3 is 0 Å². The Bertz CT molecular complexity index is 763. The molecule has 0 saturated carbocycles. The molecule has 0 unspecified atom stereocenters. The summed E-state index contributed by atoms with van der Waals surface area (Å²) in [6.45, 7) is 0. The van der Waals surface area contributed by atoms with Gasteiger partial charge in [0.2, 0.25) is 0 Å². The quantitative estimate of drug-likeness (QED) is 0.871. The molecular weight excluding hydrogens is 324 g/mol. The first-order valence-corrected chi connectivity index (χ1v) is 7.92. The lowest BCUT2D eigenvalue weighted by molar-refractivity contribution is 0.594. The SMILES string of the molecule is Nc1ccc(S(=O)(=O)Cc2cc(F)ccc2Cl)c(Cl)c1. The van der Waals surface area contributed by atoms with Crippen LogP contribution in [0.3, 0.4) is 0 Å². The number of hydrogen-bond acceptors (Lipinski definition) is 3. The topological polar surface area (TPSA) is 60.2 Å². The summed E-state index contributed by atoms with van der Waals surface area (Å²) in [6, 6.07) is 7.67. The van der Waals surface area contributed by atoms with Gasteiger partial charge in [-0.15, -0.1) is 0 Å². The smallest absolute Gasteiger partial charge is 0.184 e. The molecule has 0 aromatic heterocycles. The molecule has 0 saturated heterocycles. The van der Waals surface area contributed by atoms with E-state index in [9.17, 15) is 12.8 Å². The standard InChI is InChI=1S/C13H10Cl2FNO2S/c14-11-3-1-9(16)5-8(11)7-20(18,19)13-4-2-10(17)6-12(13)15/h1-6H,7,17H2. The zero-order chi connectivity index (χ0) is 14.9. The van der Waals surface area contributed by atoms with Crippen LogP contribution >= 0.6 is 23.2 Å². The number of benzene rings is 2. The number of sulfone groups is 1. The Balaban J connectivity index is 2.43. The van der Waals surface area contributed by atoms with E-state index < -0.39 is 21.4 Å². The average Bonchev–Trinajstić information content (AvgIpc) is 2.33. The molecule has 0 fully saturated rings. The Kier molecular flexibility index (Phi) is 4.22. The maximum atomic E-state index is 13.2. The van der Waals surface area contributed by atoms with Crippen molar-refractivity contribution in [2.75, 3.05) is 5.73 Å². The molecule has 0 bridgehead atoms. The first-order valence-electron chi connectivity index (χ1n) is 5.51. The Morgan fingerprint density at radius 1 is 1.05 bits per heavy atom. The predicted molar refractivity (Wildman–Crippen MR) is 78.2 cm³/mol. The number of nitrogens with two attached hydrogens (primary N) is 1. The van der Waals surface area contributed by atoms with Gasteiger partial charge in [-0.1, -0.05) is 23.2 Å². The van der Waals surface area contributed by atoms with Crippen molar-refractivity contribution in [3.05, 3.63) is 57.8 Å². The van der Waals surface area contributed by atoms with Gasteiger partial charge < -0.3 is 5.73 Å². The van der Waals surface area contributed by atoms with Gasteiger partial charge in [0.1, 0.15) is 5.82 Å². The zero-order valence-corrected chi connectivity index (χ0v) is 12.4. The van der Waals surface area contributed by atoms with Crippen molar-refractivity contribution in [1.29, 1.82) is 0 Å². The van der Waals surface area contributed by atoms with E-state index in [1.165, 1.54) is 24.3 Å². The lowest BCUT2D eigenvalue weighted by Crippen LogP contribution is -2.07. The number of anilines is 1. The highest BCUT2D eigenvalue weighted by Gasteiger charge is 2.20. The minimum atomic E-state index is -3.74. The minimum Gasteiger partial charge on any atom is -0.399 e. The number of rotatable bonds is 3. The molecule has 0 aliphatic carbocycles. The van der Waals surface area contributed by atoms with Gasteiger partial charge in [0.25, 0.3) is 0 Å². The fourth-order valence-electron chi connectivity index (χ4n) is 1.71. The second kappa shape index (κ2) is 5.60. The lowest BCUT2D eigenvalue weighted by Gasteiger charge is -2.08. The van der Waals surface area contributed by atoms with Crippen molar-refractivity contribution >= 4 is 38.7 Å². The molecule has 0 heterocycles. The summed E-state index contributed by atoms with van der Waals surface area (Å²) >= 11 is 11.8. The molecule has 2 aromatic carbocycles. The third-order valence-electron chi connectivity index (χ3n) is 2.64. The van der Waals surface area contributed by atoms with Gasteiger partial charge in [-0.25, -0.2) is 12.8 Å². The second-order valence-electron chi connectivity index (χ2n) is 4.18. The predicted octanol–water partition coefficient (Wildman–Crippen LogP) is 3.69. The molecule has 20 heavy (non-hydrogen) atoms. The van der Waals surface area contributed by atoms with E-state index in [-0.39, 0.29) is 20.5 Å². The molecule has 3 nitrogen and oxygen atoms in total. The van der Waals surface area contributed by atoms with E-state index >= 15 is 0 Å². The highest BCUT2D eigenvalue weighted by molar-refractivity contribution is 7.90. The molecule has 106 valence electrons. The molecule has 0 amide bonds. The summed E-state index contributed by atoms with van der Waals surface area (Å²) in [4.78, 5) is -0.0614. The Morgan fingerprint density at radius 2 is 1.75 bits per heavy atom. The van der Waals surface area contributed by atoms with Gasteiger partial charge in [-0.3, -0.25) is 0 Å². The number of halogens is 3. The Labute approximate surface area is 126 Å². The minimum absolute atomic E-state index is 0.0255. The number of nitrogen functional groups attached to an aromatic ring is 1. The van der Waals surface area contributed by atoms with Crippen LogP contribution in [0.2, 0.25) is 10.0 Å². The van der Waals surface area contributed by atoms with E-state index in [1.807, 2.05) is 0 Å². The van der Waals surface area contributed by atoms with Gasteiger partial charge in [-0.2, -0.15) is 0 Å². The molecule has 2 aromatic rings. The summed E-state index contributed by atoms with van der Waals surface area (Å²) in [7, 11) is -3.74. The van der Waals surface area contributed by atoms with E-state index in [4.69, 9.17) is 28.9 Å². The van der Waals surface area contributed by atoms with Crippen LogP contribution in [0.5, 0.6) is 0 Å². The van der Waals surface area contributed by atoms with E-state index in [2.05, 4.69) is 0 Å². The summed E-state index contributed by atoms with van der Waals surface area (Å²) in [5.74, 6) is -0.990. The van der Waals surface area contributed by atoms with Crippen LogP contribution in [-0.2, 0) is 15.6 Å². The molecule has 0 radical (unpaired) electrons.